The second-order valence-electron chi connectivity index (χ2n) is 8.04. The summed E-state index contributed by atoms with van der Waals surface area (Å²) >= 11 is 3.62. The van der Waals surface area contributed by atoms with E-state index in [1.165, 1.54) is 0 Å². The average molecular weight is 517 g/mol. The van der Waals surface area contributed by atoms with E-state index in [1.807, 2.05) is 53.2 Å². The van der Waals surface area contributed by atoms with Crippen LogP contribution in [0.25, 0.3) is 5.70 Å². The summed E-state index contributed by atoms with van der Waals surface area (Å²) in [6, 6.07) is 21.8. The number of nitrogens with zero attached hydrogens (tertiary/aromatic N) is 3. The van der Waals surface area contributed by atoms with Crippen molar-refractivity contribution in [3.05, 3.63) is 99.8 Å². The van der Waals surface area contributed by atoms with Crippen molar-refractivity contribution in [1.82, 2.24) is 14.8 Å². The Hall–Kier alpha value is -3.78. The maximum atomic E-state index is 6.69. The van der Waals surface area contributed by atoms with Gasteiger partial charge in [-0.15, -0.1) is 0 Å². The number of methoxy groups -OCH3 is 2. The van der Waals surface area contributed by atoms with Gasteiger partial charge in [0.05, 0.1) is 19.9 Å². The fourth-order valence-electron chi connectivity index (χ4n) is 4.69. The van der Waals surface area contributed by atoms with E-state index >= 15 is 0 Å². The maximum absolute atomic E-state index is 6.69. The van der Waals surface area contributed by atoms with Gasteiger partial charge in [0.2, 0.25) is 5.95 Å². The average Bonchev–Trinajstić information content (AvgIpc) is 3.35. The summed E-state index contributed by atoms with van der Waals surface area (Å²) < 4.78 is 20.7. The van der Waals surface area contributed by atoms with Gasteiger partial charge in [-0.1, -0.05) is 40.2 Å². The van der Waals surface area contributed by atoms with E-state index in [2.05, 4.69) is 49.5 Å². The molecule has 3 heterocycles. The molecular weight excluding hydrogens is 496 g/mol. The van der Waals surface area contributed by atoms with Gasteiger partial charge in [0.25, 0.3) is 0 Å². The van der Waals surface area contributed by atoms with Crippen LogP contribution in [0.15, 0.2) is 83.1 Å². The third-order valence-electron chi connectivity index (χ3n) is 6.23. The zero-order valence-electron chi connectivity index (χ0n) is 18.5. The maximum Gasteiger partial charge on any atom is 0.226 e. The Kier molecular flexibility index (Phi) is 5.03. The van der Waals surface area contributed by atoms with Crippen molar-refractivity contribution in [2.24, 2.45) is 0 Å². The van der Waals surface area contributed by atoms with Gasteiger partial charge in [0.15, 0.2) is 6.10 Å². The molecule has 0 saturated heterocycles. The quantitative estimate of drug-likeness (QED) is 0.379. The molecule has 0 spiro atoms. The molecule has 0 aliphatic carbocycles. The Bertz CT molecular complexity index is 1410. The van der Waals surface area contributed by atoms with Gasteiger partial charge >= 0.3 is 0 Å². The van der Waals surface area contributed by atoms with E-state index in [9.17, 15) is 0 Å². The highest BCUT2D eigenvalue weighted by atomic mass is 79.9. The second kappa shape index (κ2) is 8.22. The molecule has 0 unspecified atom stereocenters. The number of rotatable bonds is 4. The highest BCUT2D eigenvalue weighted by Gasteiger charge is 2.41. The van der Waals surface area contributed by atoms with E-state index in [0.717, 1.165) is 49.7 Å². The molecule has 7 nitrogen and oxygen atoms in total. The summed E-state index contributed by atoms with van der Waals surface area (Å²) in [5.41, 5.74) is 4.94. The van der Waals surface area contributed by atoms with Crippen molar-refractivity contribution in [1.29, 1.82) is 0 Å². The number of ether oxygens (including phenoxy) is 3. The van der Waals surface area contributed by atoms with Crippen LogP contribution in [0, 0.1) is 0 Å². The van der Waals surface area contributed by atoms with Crippen LogP contribution in [0.3, 0.4) is 0 Å². The highest BCUT2D eigenvalue weighted by molar-refractivity contribution is 9.10. The molecule has 2 aliphatic rings. The minimum absolute atomic E-state index is 0.248. The first-order valence-corrected chi connectivity index (χ1v) is 11.6. The molecule has 0 amide bonds. The van der Waals surface area contributed by atoms with Crippen molar-refractivity contribution in [3.8, 4) is 17.2 Å². The van der Waals surface area contributed by atoms with Crippen molar-refractivity contribution >= 4 is 27.6 Å². The summed E-state index contributed by atoms with van der Waals surface area (Å²) in [5.74, 6) is 3.01. The molecule has 170 valence electrons. The second-order valence-corrected chi connectivity index (χ2v) is 8.96. The van der Waals surface area contributed by atoms with Gasteiger partial charge in [-0.3, -0.25) is 0 Å². The van der Waals surface area contributed by atoms with Gasteiger partial charge in [-0.05, 0) is 48.0 Å². The summed E-state index contributed by atoms with van der Waals surface area (Å²) in [4.78, 5) is 4.48. The van der Waals surface area contributed by atoms with Crippen molar-refractivity contribution in [2.75, 3.05) is 19.5 Å². The SMILES string of the molecule is COc1ccc([C@H]2C3=C(Nc4ncnn42)c2ccccc2O[C@@H]3c2cc(Br)ccc2OC)cc1. The Morgan fingerprint density at radius 2 is 1.82 bits per heavy atom. The Labute approximate surface area is 205 Å². The topological polar surface area (TPSA) is 70.4 Å². The van der Waals surface area contributed by atoms with E-state index in [0.29, 0.717) is 5.95 Å². The predicted octanol–water partition coefficient (Wildman–Crippen LogP) is 5.62. The zero-order valence-corrected chi connectivity index (χ0v) is 20.1. The lowest BCUT2D eigenvalue weighted by Gasteiger charge is -2.39. The van der Waals surface area contributed by atoms with Crippen LogP contribution in [0.4, 0.5) is 5.95 Å². The number of aromatic nitrogens is 3. The summed E-state index contributed by atoms with van der Waals surface area (Å²) in [6.07, 6.45) is 1.15. The number of benzene rings is 3. The van der Waals surface area contributed by atoms with Crippen LogP contribution in [0.1, 0.15) is 28.8 Å². The third-order valence-corrected chi connectivity index (χ3v) is 6.72. The molecule has 2 aliphatic heterocycles. The molecule has 0 bridgehead atoms. The van der Waals surface area contributed by atoms with Gasteiger partial charge in [-0.25, -0.2) is 4.68 Å². The largest absolute Gasteiger partial charge is 0.497 e. The van der Waals surface area contributed by atoms with Gasteiger partial charge in [0.1, 0.15) is 29.6 Å². The molecule has 2 atom stereocenters. The van der Waals surface area contributed by atoms with E-state index in [-0.39, 0.29) is 6.04 Å². The van der Waals surface area contributed by atoms with Crippen molar-refractivity contribution < 1.29 is 14.2 Å². The van der Waals surface area contributed by atoms with Crippen molar-refractivity contribution in [3.63, 3.8) is 0 Å². The molecule has 0 saturated carbocycles. The molecule has 1 N–H and O–H groups in total. The lowest BCUT2D eigenvalue weighted by Crippen LogP contribution is -2.32. The Balaban J connectivity index is 1.63. The van der Waals surface area contributed by atoms with Crippen LogP contribution >= 0.6 is 15.9 Å². The first kappa shape index (κ1) is 20.8. The first-order chi connectivity index (χ1) is 16.7. The summed E-state index contributed by atoms with van der Waals surface area (Å²) in [7, 11) is 3.34. The summed E-state index contributed by atoms with van der Waals surface area (Å²) in [5, 5.41) is 8.09. The molecule has 4 aromatic rings. The number of para-hydroxylation sites is 1. The highest BCUT2D eigenvalue weighted by Crippen LogP contribution is 2.52. The molecular formula is C26H21BrN4O3. The Morgan fingerprint density at radius 3 is 2.62 bits per heavy atom. The molecule has 3 aromatic carbocycles. The third kappa shape index (κ3) is 3.25. The lowest BCUT2D eigenvalue weighted by atomic mass is 9.84. The Morgan fingerprint density at radius 1 is 1.00 bits per heavy atom. The van der Waals surface area contributed by atoms with Gasteiger partial charge in [-0.2, -0.15) is 10.1 Å². The minimum atomic E-state index is -0.422. The van der Waals surface area contributed by atoms with Gasteiger partial charge < -0.3 is 19.5 Å². The zero-order chi connectivity index (χ0) is 23.2. The number of hydrogen-bond acceptors (Lipinski definition) is 6. The minimum Gasteiger partial charge on any atom is -0.497 e. The van der Waals surface area contributed by atoms with E-state index < -0.39 is 6.10 Å². The molecule has 34 heavy (non-hydrogen) atoms. The molecule has 0 fully saturated rings. The summed E-state index contributed by atoms with van der Waals surface area (Å²) in [6.45, 7) is 0. The molecule has 8 heteroatoms. The fraction of sp³-hybridized carbons (Fsp3) is 0.154. The number of nitrogens with one attached hydrogen (secondary N) is 1. The smallest absolute Gasteiger partial charge is 0.226 e. The first-order valence-electron chi connectivity index (χ1n) is 10.8. The van der Waals surface area contributed by atoms with E-state index in [1.54, 1.807) is 20.5 Å². The van der Waals surface area contributed by atoms with Gasteiger partial charge in [0, 0.05) is 21.2 Å². The van der Waals surface area contributed by atoms with Crippen LogP contribution in [-0.2, 0) is 0 Å². The number of hydrogen-bond donors (Lipinski definition) is 1. The lowest BCUT2D eigenvalue weighted by molar-refractivity contribution is 0.217. The van der Waals surface area contributed by atoms with Crippen molar-refractivity contribution in [2.45, 2.75) is 12.1 Å². The number of fused-ring (bicyclic) bond motifs is 3. The predicted molar refractivity (Wildman–Crippen MR) is 132 cm³/mol. The molecule has 6 rings (SSSR count). The standard InChI is InChI=1S/C26H21BrN4O3/c1-32-17-10-7-15(8-11-17)24-22-23(30-26-28-14-29-31(24)26)18-5-3-4-6-21(18)34-25(22)19-13-16(27)9-12-20(19)33-2/h3-14,24-25H,1-2H3,(H,28,29,30)/t24-,25+/m0/s1. The van der Waals surface area contributed by atoms with Crippen LogP contribution in [-0.4, -0.2) is 29.0 Å². The number of anilines is 1. The normalized spacial score (nSPS) is 18.2. The monoisotopic (exact) mass is 516 g/mol. The fourth-order valence-corrected chi connectivity index (χ4v) is 5.07. The van der Waals surface area contributed by atoms with E-state index in [4.69, 9.17) is 14.2 Å². The molecule has 0 radical (unpaired) electrons. The van der Waals surface area contributed by atoms with Crippen LogP contribution in [0.2, 0.25) is 0 Å². The number of halogens is 1. The molecule has 1 aromatic heterocycles. The van der Waals surface area contributed by atoms with Crippen LogP contribution < -0.4 is 19.5 Å². The van der Waals surface area contributed by atoms with Crippen LogP contribution in [0.5, 0.6) is 17.2 Å².